The number of rotatable bonds is 3. The number of alkyl halides is 2. The summed E-state index contributed by atoms with van der Waals surface area (Å²) in [4.78, 5) is 11.3. The summed E-state index contributed by atoms with van der Waals surface area (Å²) in [5.74, 6) is 4.96. The standard InChI is InChI=1S/C8H15F2N3O/c9-7(10)4-12-8(14)6-2-1-3-13(11)5-6/h6-7H,1-5,11H2,(H,12,14). The molecule has 0 aliphatic carbocycles. The van der Waals surface area contributed by atoms with Crippen LogP contribution in [0.25, 0.3) is 0 Å². The number of piperidine rings is 1. The smallest absolute Gasteiger partial charge is 0.255 e. The Labute approximate surface area is 81.4 Å². The summed E-state index contributed by atoms with van der Waals surface area (Å²) >= 11 is 0. The molecule has 6 heteroatoms. The Bertz CT molecular complexity index is 201. The lowest BCUT2D eigenvalue weighted by molar-refractivity contribution is -0.127. The molecule has 1 amide bonds. The number of nitrogens with two attached hydrogens (primary N) is 1. The van der Waals surface area contributed by atoms with E-state index in [1.165, 1.54) is 0 Å². The highest BCUT2D eigenvalue weighted by Crippen LogP contribution is 2.13. The molecule has 1 fully saturated rings. The quantitative estimate of drug-likeness (QED) is 0.638. The summed E-state index contributed by atoms with van der Waals surface area (Å²) in [5, 5.41) is 3.75. The molecule has 1 heterocycles. The number of hydrazine groups is 1. The van der Waals surface area contributed by atoms with Gasteiger partial charge in [0.1, 0.15) is 0 Å². The van der Waals surface area contributed by atoms with Crippen molar-refractivity contribution in [2.75, 3.05) is 19.6 Å². The zero-order valence-electron chi connectivity index (χ0n) is 7.88. The molecule has 4 nitrogen and oxygen atoms in total. The fraction of sp³-hybridized carbons (Fsp3) is 0.875. The van der Waals surface area contributed by atoms with Crippen LogP contribution < -0.4 is 11.2 Å². The van der Waals surface area contributed by atoms with Crippen molar-refractivity contribution in [1.29, 1.82) is 0 Å². The van der Waals surface area contributed by atoms with E-state index in [1.54, 1.807) is 5.01 Å². The van der Waals surface area contributed by atoms with Crippen LogP contribution in [0.1, 0.15) is 12.8 Å². The normalized spacial score (nSPS) is 23.9. The predicted octanol–water partition coefficient (Wildman–Crippen LogP) is -0.0466. The number of hydrogen-bond acceptors (Lipinski definition) is 3. The van der Waals surface area contributed by atoms with Gasteiger partial charge in [0.25, 0.3) is 6.43 Å². The van der Waals surface area contributed by atoms with Crippen molar-refractivity contribution in [3.8, 4) is 0 Å². The highest BCUT2D eigenvalue weighted by Gasteiger charge is 2.24. The molecule has 0 aromatic heterocycles. The highest BCUT2D eigenvalue weighted by molar-refractivity contribution is 5.78. The first-order chi connectivity index (χ1) is 6.59. The minimum Gasteiger partial charge on any atom is -0.350 e. The van der Waals surface area contributed by atoms with Crippen molar-refractivity contribution >= 4 is 5.91 Å². The fourth-order valence-electron chi connectivity index (χ4n) is 1.54. The van der Waals surface area contributed by atoms with Gasteiger partial charge in [-0.3, -0.25) is 10.6 Å². The Balaban J connectivity index is 2.29. The molecule has 0 aromatic rings. The van der Waals surface area contributed by atoms with Crippen LogP contribution in [0.15, 0.2) is 0 Å². The Hall–Kier alpha value is -0.750. The maximum atomic E-state index is 11.8. The van der Waals surface area contributed by atoms with Crippen molar-refractivity contribution in [2.45, 2.75) is 19.3 Å². The lowest BCUT2D eigenvalue weighted by atomic mass is 9.98. The predicted molar refractivity (Wildman–Crippen MR) is 47.5 cm³/mol. The number of nitrogens with zero attached hydrogens (tertiary/aromatic N) is 1. The van der Waals surface area contributed by atoms with E-state index in [4.69, 9.17) is 5.84 Å². The summed E-state index contributed by atoms with van der Waals surface area (Å²) in [6.45, 7) is 0.646. The molecular weight excluding hydrogens is 192 g/mol. The van der Waals surface area contributed by atoms with E-state index in [1.807, 2.05) is 0 Å². The van der Waals surface area contributed by atoms with Crippen LogP contribution in [0.4, 0.5) is 8.78 Å². The van der Waals surface area contributed by atoms with Crippen LogP contribution in [0.3, 0.4) is 0 Å². The molecule has 3 N–H and O–H groups in total. The van der Waals surface area contributed by atoms with Gasteiger partial charge >= 0.3 is 0 Å². The van der Waals surface area contributed by atoms with Gasteiger partial charge in [-0.25, -0.2) is 13.8 Å². The minimum absolute atomic E-state index is 0.243. The Morgan fingerprint density at radius 1 is 1.64 bits per heavy atom. The number of carbonyl (C=O) groups is 1. The molecule has 82 valence electrons. The van der Waals surface area contributed by atoms with Crippen LogP contribution >= 0.6 is 0 Å². The molecule has 1 saturated heterocycles. The van der Waals surface area contributed by atoms with E-state index in [-0.39, 0.29) is 11.8 Å². The van der Waals surface area contributed by atoms with E-state index >= 15 is 0 Å². The second-order valence-corrected chi connectivity index (χ2v) is 3.47. The van der Waals surface area contributed by atoms with Gasteiger partial charge < -0.3 is 5.32 Å². The molecule has 0 saturated carbocycles. The molecule has 1 unspecified atom stereocenters. The number of carbonyl (C=O) groups excluding carboxylic acids is 1. The average Bonchev–Trinajstić information content (AvgIpc) is 2.14. The molecule has 0 bridgehead atoms. The summed E-state index contributed by atoms with van der Waals surface area (Å²) in [5.41, 5.74) is 0. The Kier molecular flexibility index (Phi) is 4.21. The first-order valence-electron chi connectivity index (χ1n) is 4.65. The van der Waals surface area contributed by atoms with Gasteiger partial charge in [-0.1, -0.05) is 0 Å². The molecule has 0 aromatic carbocycles. The molecule has 1 atom stereocenters. The van der Waals surface area contributed by atoms with Gasteiger partial charge in [0.05, 0.1) is 12.5 Å². The van der Waals surface area contributed by atoms with Crippen molar-refractivity contribution in [1.82, 2.24) is 10.3 Å². The van der Waals surface area contributed by atoms with Crippen molar-refractivity contribution in [2.24, 2.45) is 11.8 Å². The van der Waals surface area contributed by atoms with Gasteiger partial charge in [-0.2, -0.15) is 0 Å². The summed E-state index contributed by atoms with van der Waals surface area (Å²) < 4.78 is 23.6. The van der Waals surface area contributed by atoms with Gasteiger partial charge in [0.2, 0.25) is 5.91 Å². The van der Waals surface area contributed by atoms with Crippen LogP contribution in [0.2, 0.25) is 0 Å². The molecule has 1 aliphatic rings. The first-order valence-corrected chi connectivity index (χ1v) is 4.65. The minimum atomic E-state index is -2.49. The van der Waals surface area contributed by atoms with Gasteiger partial charge in [0, 0.05) is 13.1 Å². The Morgan fingerprint density at radius 2 is 2.36 bits per heavy atom. The van der Waals surface area contributed by atoms with E-state index < -0.39 is 13.0 Å². The highest BCUT2D eigenvalue weighted by atomic mass is 19.3. The van der Waals surface area contributed by atoms with Crippen LogP contribution in [-0.2, 0) is 4.79 Å². The lowest BCUT2D eigenvalue weighted by Crippen LogP contribution is -2.46. The van der Waals surface area contributed by atoms with Gasteiger partial charge in [0.15, 0.2) is 0 Å². The van der Waals surface area contributed by atoms with Crippen molar-refractivity contribution < 1.29 is 13.6 Å². The van der Waals surface area contributed by atoms with Crippen molar-refractivity contribution in [3.63, 3.8) is 0 Å². The molecule has 0 radical (unpaired) electrons. The largest absolute Gasteiger partial charge is 0.350 e. The number of halogens is 2. The number of amides is 1. The van der Waals surface area contributed by atoms with Crippen molar-refractivity contribution in [3.05, 3.63) is 0 Å². The third-order valence-corrected chi connectivity index (χ3v) is 2.25. The molecule has 1 rings (SSSR count). The first kappa shape index (κ1) is 11.3. The van der Waals surface area contributed by atoms with Gasteiger partial charge in [-0.15, -0.1) is 0 Å². The maximum absolute atomic E-state index is 11.8. The second-order valence-electron chi connectivity index (χ2n) is 3.47. The monoisotopic (exact) mass is 207 g/mol. The van der Waals surface area contributed by atoms with E-state index in [0.29, 0.717) is 6.54 Å². The summed E-state index contributed by atoms with van der Waals surface area (Å²) in [6.07, 6.45) is -0.928. The summed E-state index contributed by atoms with van der Waals surface area (Å²) in [6, 6.07) is 0. The topological polar surface area (TPSA) is 58.4 Å². The van der Waals surface area contributed by atoms with Gasteiger partial charge in [-0.05, 0) is 12.8 Å². The molecule has 14 heavy (non-hydrogen) atoms. The average molecular weight is 207 g/mol. The van der Waals surface area contributed by atoms with Crippen LogP contribution in [0, 0.1) is 5.92 Å². The zero-order valence-corrected chi connectivity index (χ0v) is 7.88. The Morgan fingerprint density at radius 3 is 2.93 bits per heavy atom. The third kappa shape index (κ3) is 3.55. The molecule has 1 aliphatic heterocycles. The van der Waals surface area contributed by atoms with E-state index in [0.717, 1.165) is 19.4 Å². The fourth-order valence-corrected chi connectivity index (χ4v) is 1.54. The summed E-state index contributed by atoms with van der Waals surface area (Å²) in [7, 11) is 0. The van der Waals surface area contributed by atoms with Crippen LogP contribution in [-0.4, -0.2) is 37.0 Å². The van der Waals surface area contributed by atoms with E-state index in [2.05, 4.69) is 5.32 Å². The molecule has 0 spiro atoms. The molecular formula is C8H15F2N3O. The van der Waals surface area contributed by atoms with E-state index in [9.17, 15) is 13.6 Å². The van der Waals surface area contributed by atoms with Crippen LogP contribution in [0.5, 0.6) is 0 Å². The zero-order chi connectivity index (χ0) is 10.6. The maximum Gasteiger partial charge on any atom is 0.255 e. The number of hydrogen-bond donors (Lipinski definition) is 2. The lowest BCUT2D eigenvalue weighted by Gasteiger charge is -2.28. The SMILES string of the molecule is NN1CCCC(C(=O)NCC(F)F)C1. The number of nitrogens with one attached hydrogen (secondary N) is 1. The third-order valence-electron chi connectivity index (χ3n) is 2.25. The second kappa shape index (κ2) is 5.21.